The normalized spacial score (nSPS) is 11.6. The van der Waals surface area contributed by atoms with Gasteiger partial charge in [-0.3, -0.25) is 4.79 Å². The summed E-state index contributed by atoms with van der Waals surface area (Å²) in [6, 6.07) is 4.80. The third-order valence-corrected chi connectivity index (χ3v) is 2.91. The number of carbonyl (C=O) groups excluding carboxylic acids is 1. The van der Waals surface area contributed by atoms with Gasteiger partial charge in [-0.2, -0.15) is 0 Å². The number of nitrogens with two attached hydrogens (primary N) is 1. The molecule has 0 saturated heterocycles. The maximum Gasteiger partial charge on any atom is 0.239 e. The maximum absolute atomic E-state index is 11.5. The lowest BCUT2D eigenvalue weighted by atomic mass is 10.2. The molecule has 0 aromatic heterocycles. The number of hydrogen-bond acceptors (Lipinski definition) is 2. The summed E-state index contributed by atoms with van der Waals surface area (Å²) in [7, 11) is 1.70. The van der Waals surface area contributed by atoms with E-state index in [2.05, 4.69) is 0 Å². The molecular weight excluding hydrogens is 282 g/mol. The van der Waals surface area contributed by atoms with Crippen LogP contribution in [0.4, 0.5) is 0 Å². The van der Waals surface area contributed by atoms with Crippen LogP contribution in [-0.2, 0) is 11.3 Å². The maximum atomic E-state index is 11.5. The number of amides is 1. The number of benzene rings is 1. The van der Waals surface area contributed by atoms with Crippen molar-refractivity contribution in [2.24, 2.45) is 5.73 Å². The SMILES string of the molecule is C[C@H](N)C(=O)N(C)Cc1ccc(Cl)c(Cl)c1.Cl. The Balaban J connectivity index is 0.00000256. The van der Waals surface area contributed by atoms with Crippen LogP contribution in [0.15, 0.2) is 18.2 Å². The molecule has 0 radical (unpaired) electrons. The Kier molecular flexibility index (Phi) is 6.87. The van der Waals surface area contributed by atoms with Crippen LogP contribution >= 0.6 is 35.6 Å². The van der Waals surface area contributed by atoms with Crippen molar-refractivity contribution in [1.82, 2.24) is 4.90 Å². The van der Waals surface area contributed by atoms with Crippen molar-refractivity contribution in [2.75, 3.05) is 7.05 Å². The number of nitrogens with zero attached hydrogens (tertiary/aromatic N) is 1. The van der Waals surface area contributed by atoms with E-state index in [9.17, 15) is 4.79 Å². The first-order valence-corrected chi connectivity index (χ1v) is 5.62. The van der Waals surface area contributed by atoms with Crippen molar-refractivity contribution in [3.05, 3.63) is 33.8 Å². The summed E-state index contributed by atoms with van der Waals surface area (Å²) in [5.74, 6) is -0.105. The monoisotopic (exact) mass is 296 g/mol. The number of likely N-dealkylation sites (N-methyl/N-ethyl adjacent to an activating group) is 1. The average Bonchev–Trinajstić information content (AvgIpc) is 2.22. The minimum Gasteiger partial charge on any atom is -0.340 e. The van der Waals surface area contributed by atoms with E-state index in [0.717, 1.165) is 5.56 Å². The van der Waals surface area contributed by atoms with Crippen LogP contribution < -0.4 is 5.73 Å². The minimum absolute atomic E-state index is 0. The lowest BCUT2D eigenvalue weighted by Gasteiger charge is -2.19. The lowest BCUT2D eigenvalue weighted by molar-refractivity contribution is -0.131. The largest absolute Gasteiger partial charge is 0.340 e. The van der Waals surface area contributed by atoms with Crippen molar-refractivity contribution >= 4 is 41.5 Å². The van der Waals surface area contributed by atoms with Gasteiger partial charge in [-0.1, -0.05) is 29.3 Å². The van der Waals surface area contributed by atoms with Gasteiger partial charge in [-0.05, 0) is 24.6 Å². The molecule has 17 heavy (non-hydrogen) atoms. The van der Waals surface area contributed by atoms with E-state index in [1.165, 1.54) is 0 Å². The zero-order valence-corrected chi connectivity index (χ0v) is 11.9. The molecule has 1 aromatic rings. The van der Waals surface area contributed by atoms with Gasteiger partial charge in [0.2, 0.25) is 5.91 Å². The Labute approximate surface area is 117 Å². The van der Waals surface area contributed by atoms with Crippen molar-refractivity contribution in [3.63, 3.8) is 0 Å². The summed E-state index contributed by atoms with van der Waals surface area (Å²) < 4.78 is 0. The van der Waals surface area contributed by atoms with Gasteiger partial charge in [-0.15, -0.1) is 12.4 Å². The first kappa shape index (κ1) is 16.5. The quantitative estimate of drug-likeness (QED) is 0.932. The highest BCUT2D eigenvalue weighted by Gasteiger charge is 2.13. The van der Waals surface area contributed by atoms with E-state index in [1.54, 1.807) is 31.0 Å². The minimum atomic E-state index is -0.493. The zero-order chi connectivity index (χ0) is 12.3. The second-order valence-electron chi connectivity index (χ2n) is 3.73. The number of carbonyl (C=O) groups is 1. The van der Waals surface area contributed by atoms with Gasteiger partial charge in [0.05, 0.1) is 16.1 Å². The fourth-order valence-corrected chi connectivity index (χ4v) is 1.66. The first-order valence-electron chi connectivity index (χ1n) is 4.86. The van der Waals surface area contributed by atoms with Crippen LogP contribution in [0.3, 0.4) is 0 Å². The summed E-state index contributed by atoms with van der Waals surface area (Å²) in [6.45, 7) is 2.13. The van der Waals surface area contributed by atoms with Gasteiger partial charge in [0.25, 0.3) is 0 Å². The van der Waals surface area contributed by atoms with Crippen LogP contribution in [0.5, 0.6) is 0 Å². The van der Waals surface area contributed by atoms with Crippen molar-refractivity contribution in [1.29, 1.82) is 0 Å². The zero-order valence-electron chi connectivity index (χ0n) is 9.61. The third-order valence-electron chi connectivity index (χ3n) is 2.17. The predicted octanol–water partition coefficient (Wildman–Crippen LogP) is 2.72. The highest BCUT2D eigenvalue weighted by Crippen LogP contribution is 2.23. The smallest absolute Gasteiger partial charge is 0.239 e. The van der Waals surface area contributed by atoms with Crippen molar-refractivity contribution < 1.29 is 4.79 Å². The molecule has 0 unspecified atom stereocenters. The van der Waals surface area contributed by atoms with E-state index >= 15 is 0 Å². The number of halogens is 3. The van der Waals surface area contributed by atoms with Crippen molar-refractivity contribution in [3.8, 4) is 0 Å². The molecule has 1 atom stereocenters. The highest BCUT2D eigenvalue weighted by atomic mass is 35.5. The van der Waals surface area contributed by atoms with Crippen LogP contribution in [-0.4, -0.2) is 23.9 Å². The number of rotatable bonds is 3. The molecule has 0 aliphatic rings. The van der Waals surface area contributed by atoms with Gasteiger partial charge >= 0.3 is 0 Å². The van der Waals surface area contributed by atoms with Crippen LogP contribution in [0.1, 0.15) is 12.5 Å². The molecule has 1 rings (SSSR count). The first-order chi connectivity index (χ1) is 7.41. The molecule has 0 fully saturated rings. The fourth-order valence-electron chi connectivity index (χ4n) is 1.34. The van der Waals surface area contributed by atoms with Gasteiger partial charge in [0.1, 0.15) is 0 Å². The molecule has 0 saturated carbocycles. The van der Waals surface area contributed by atoms with Gasteiger partial charge < -0.3 is 10.6 Å². The highest BCUT2D eigenvalue weighted by molar-refractivity contribution is 6.42. The Bertz CT molecular complexity index is 396. The fraction of sp³-hybridized carbons (Fsp3) is 0.364. The molecule has 0 heterocycles. The van der Waals surface area contributed by atoms with E-state index in [1.807, 2.05) is 6.07 Å². The summed E-state index contributed by atoms with van der Waals surface area (Å²) >= 11 is 11.7. The summed E-state index contributed by atoms with van der Waals surface area (Å²) in [4.78, 5) is 13.1. The molecule has 96 valence electrons. The molecule has 2 N–H and O–H groups in total. The second kappa shape index (κ2) is 7.07. The molecule has 0 bridgehead atoms. The van der Waals surface area contributed by atoms with E-state index in [4.69, 9.17) is 28.9 Å². The Morgan fingerprint density at radius 1 is 1.41 bits per heavy atom. The number of hydrogen-bond donors (Lipinski definition) is 1. The molecule has 6 heteroatoms. The second-order valence-corrected chi connectivity index (χ2v) is 4.55. The van der Waals surface area contributed by atoms with Gasteiger partial charge in [0, 0.05) is 13.6 Å². The van der Waals surface area contributed by atoms with E-state index in [-0.39, 0.29) is 18.3 Å². The van der Waals surface area contributed by atoms with E-state index in [0.29, 0.717) is 16.6 Å². The Hall–Kier alpha value is -0.480. The summed E-state index contributed by atoms with van der Waals surface area (Å²) in [5, 5.41) is 0.993. The predicted molar refractivity (Wildman–Crippen MR) is 73.8 cm³/mol. The summed E-state index contributed by atoms with van der Waals surface area (Å²) in [6.07, 6.45) is 0. The van der Waals surface area contributed by atoms with E-state index < -0.39 is 6.04 Å². The standard InChI is InChI=1S/C11H14Cl2N2O.ClH/c1-7(14)11(16)15(2)6-8-3-4-9(12)10(13)5-8;/h3-5,7H,6,14H2,1-2H3;1H/t7-;/m0./s1. The van der Waals surface area contributed by atoms with Crippen LogP contribution in [0.2, 0.25) is 10.0 Å². The topological polar surface area (TPSA) is 46.3 Å². The van der Waals surface area contributed by atoms with Gasteiger partial charge in [0.15, 0.2) is 0 Å². The molecule has 0 spiro atoms. The molecule has 1 amide bonds. The molecule has 0 aliphatic heterocycles. The van der Waals surface area contributed by atoms with Gasteiger partial charge in [-0.25, -0.2) is 0 Å². The van der Waals surface area contributed by atoms with Crippen LogP contribution in [0.25, 0.3) is 0 Å². The van der Waals surface area contributed by atoms with Crippen molar-refractivity contribution in [2.45, 2.75) is 19.5 Å². The Morgan fingerprint density at radius 2 is 2.00 bits per heavy atom. The average molecular weight is 298 g/mol. The van der Waals surface area contributed by atoms with Crippen LogP contribution in [0, 0.1) is 0 Å². The lowest BCUT2D eigenvalue weighted by Crippen LogP contribution is -2.39. The third kappa shape index (κ3) is 4.72. The molecule has 1 aromatic carbocycles. The molecule has 3 nitrogen and oxygen atoms in total. The Morgan fingerprint density at radius 3 is 2.47 bits per heavy atom. The molecule has 0 aliphatic carbocycles. The molecular formula is C11H15Cl3N2O. The summed E-state index contributed by atoms with van der Waals surface area (Å²) in [5.41, 5.74) is 6.43.